The molecule has 0 spiro atoms. The van der Waals surface area contributed by atoms with E-state index in [4.69, 9.17) is 4.74 Å². The van der Waals surface area contributed by atoms with E-state index in [-0.39, 0.29) is 30.7 Å². The van der Waals surface area contributed by atoms with Crippen LogP contribution in [0.15, 0.2) is 29.6 Å². The zero-order valence-electron chi connectivity index (χ0n) is 15.7. The Kier molecular flexibility index (Phi) is 7.94. The number of piperazine rings is 1. The monoisotopic (exact) mass is 427 g/mol. The largest absolute Gasteiger partial charge is 0.465 e. The molecule has 1 saturated heterocycles. The first-order valence-corrected chi connectivity index (χ1v) is 9.52. The van der Waals surface area contributed by atoms with E-state index in [1.54, 1.807) is 17.5 Å². The number of rotatable bonds is 5. The van der Waals surface area contributed by atoms with Gasteiger partial charge in [0, 0.05) is 37.1 Å². The first kappa shape index (κ1) is 22.3. The van der Waals surface area contributed by atoms with Gasteiger partial charge in [-0.15, -0.1) is 23.7 Å². The Balaban J connectivity index is 0.00000280. The van der Waals surface area contributed by atoms with Crippen LogP contribution in [0.3, 0.4) is 0 Å². The first-order chi connectivity index (χ1) is 13.0. The number of methoxy groups -OCH3 is 1. The fourth-order valence-electron chi connectivity index (χ4n) is 2.97. The molecule has 6 nitrogen and oxygen atoms in total. The maximum absolute atomic E-state index is 13.2. The summed E-state index contributed by atoms with van der Waals surface area (Å²) in [4.78, 5) is 29.1. The van der Waals surface area contributed by atoms with Crippen molar-refractivity contribution < 1.29 is 18.7 Å². The lowest BCUT2D eigenvalue weighted by Crippen LogP contribution is -2.47. The number of carbonyl (C=O) groups excluding carboxylic acids is 2. The maximum Gasteiger partial charge on any atom is 0.341 e. The molecule has 0 radical (unpaired) electrons. The second-order valence-electron chi connectivity index (χ2n) is 6.48. The van der Waals surface area contributed by atoms with E-state index < -0.39 is 5.97 Å². The Labute approximate surface area is 173 Å². The minimum absolute atomic E-state index is 0. The molecule has 3 rings (SSSR count). The van der Waals surface area contributed by atoms with Gasteiger partial charge in [-0.3, -0.25) is 9.69 Å². The standard InChI is InChI=1S/C19H22FN3O3S.ClH/c1-22-7-9-23(10-8-22)11-16(24)21-18-17(19(25)26-2)15(12-27-18)13-3-5-14(20)6-4-13;/h3-6,12H,7-11H2,1-2H3,(H,21,24);1H. The normalized spacial score (nSPS) is 15.0. The third-order valence-electron chi connectivity index (χ3n) is 4.55. The number of ether oxygens (including phenoxy) is 1. The molecule has 1 fully saturated rings. The number of nitrogens with one attached hydrogen (secondary N) is 1. The fourth-order valence-corrected chi connectivity index (χ4v) is 3.95. The molecule has 28 heavy (non-hydrogen) atoms. The molecule has 1 aromatic carbocycles. The van der Waals surface area contributed by atoms with Gasteiger partial charge in [0.25, 0.3) is 0 Å². The molecule has 1 amide bonds. The number of thiophene rings is 1. The van der Waals surface area contributed by atoms with Gasteiger partial charge in [0.1, 0.15) is 16.4 Å². The molecule has 1 N–H and O–H groups in total. The summed E-state index contributed by atoms with van der Waals surface area (Å²) in [6.45, 7) is 3.79. The Morgan fingerprint density at radius 1 is 1.18 bits per heavy atom. The van der Waals surface area contributed by atoms with Crippen molar-refractivity contribution in [3.05, 3.63) is 41.0 Å². The van der Waals surface area contributed by atoms with Crippen LogP contribution in [-0.2, 0) is 9.53 Å². The van der Waals surface area contributed by atoms with Crippen molar-refractivity contribution in [3.63, 3.8) is 0 Å². The highest BCUT2D eigenvalue weighted by atomic mass is 35.5. The number of hydrogen-bond acceptors (Lipinski definition) is 6. The van der Waals surface area contributed by atoms with Gasteiger partial charge in [-0.1, -0.05) is 12.1 Å². The molecule has 2 heterocycles. The summed E-state index contributed by atoms with van der Waals surface area (Å²) in [5.41, 5.74) is 1.59. The zero-order chi connectivity index (χ0) is 19.4. The summed E-state index contributed by atoms with van der Waals surface area (Å²) < 4.78 is 18.1. The second-order valence-corrected chi connectivity index (χ2v) is 7.36. The lowest BCUT2D eigenvalue weighted by molar-refractivity contribution is -0.117. The van der Waals surface area contributed by atoms with Gasteiger partial charge in [-0.25, -0.2) is 9.18 Å². The van der Waals surface area contributed by atoms with Crippen molar-refractivity contribution in [1.82, 2.24) is 9.80 Å². The topological polar surface area (TPSA) is 61.9 Å². The predicted molar refractivity (Wildman–Crippen MR) is 111 cm³/mol. The van der Waals surface area contributed by atoms with Crippen LogP contribution in [0.2, 0.25) is 0 Å². The predicted octanol–water partition coefficient (Wildman–Crippen LogP) is 2.95. The summed E-state index contributed by atoms with van der Waals surface area (Å²) >= 11 is 1.26. The van der Waals surface area contributed by atoms with E-state index in [2.05, 4.69) is 22.2 Å². The third-order valence-corrected chi connectivity index (χ3v) is 5.45. The van der Waals surface area contributed by atoms with E-state index in [9.17, 15) is 14.0 Å². The number of likely N-dealkylation sites (N-methyl/N-ethyl adjacent to an activating group) is 1. The summed E-state index contributed by atoms with van der Waals surface area (Å²) in [5, 5.41) is 5.05. The number of esters is 1. The molecular weight excluding hydrogens is 405 g/mol. The molecule has 152 valence electrons. The van der Waals surface area contributed by atoms with Gasteiger partial charge >= 0.3 is 5.97 Å². The highest BCUT2D eigenvalue weighted by molar-refractivity contribution is 7.15. The Morgan fingerprint density at radius 3 is 2.43 bits per heavy atom. The van der Waals surface area contributed by atoms with Gasteiger partial charge in [0.05, 0.1) is 13.7 Å². The number of anilines is 1. The first-order valence-electron chi connectivity index (χ1n) is 8.64. The lowest BCUT2D eigenvalue weighted by Gasteiger charge is -2.31. The second kappa shape index (κ2) is 9.97. The van der Waals surface area contributed by atoms with Crippen LogP contribution in [0.1, 0.15) is 10.4 Å². The molecule has 9 heteroatoms. The van der Waals surface area contributed by atoms with Crippen LogP contribution in [-0.4, -0.2) is 68.6 Å². The Hall–Kier alpha value is -2.00. The van der Waals surface area contributed by atoms with Crippen molar-refractivity contribution in [2.45, 2.75) is 0 Å². The fraction of sp³-hybridized carbons (Fsp3) is 0.368. The molecule has 1 aliphatic rings. The van der Waals surface area contributed by atoms with E-state index in [0.29, 0.717) is 21.7 Å². The van der Waals surface area contributed by atoms with Gasteiger partial charge in [0.2, 0.25) is 5.91 Å². The summed E-state index contributed by atoms with van der Waals surface area (Å²) in [7, 11) is 3.35. The van der Waals surface area contributed by atoms with Gasteiger partial charge in [0.15, 0.2) is 0 Å². The van der Waals surface area contributed by atoms with Crippen LogP contribution in [0.4, 0.5) is 9.39 Å². The molecule has 2 aromatic rings. The van der Waals surface area contributed by atoms with Crippen LogP contribution in [0.25, 0.3) is 11.1 Å². The zero-order valence-corrected chi connectivity index (χ0v) is 17.4. The number of benzene rings is 1. The average Bonchev–Trinajstić information content (AvgIpc) is 3.07. The van der Waals surface area contributed by atoms with Crippen LogP contribution in [0, 0.1) is 5.82 Å². The molecule has 0 unspecified atom stereocenters. The molecule has 0 saturated carbocycles. The van der Waals surface area contributed by atoms with Crippen molar-refractivity contribution in [1.29, 1.82) is 0 Å². The smallest absolute Gasteiger partial charge is 0.341 e. The quantitative estimate of drug-likeness (QED) is 0.743. The molecular formula is C19H23ClFN3O3S. The highest BCUT2D eigenvalue weighted by Crippen LogP contribution is 2.36. The number of carbonyl (C=O) groups is 2. The number of hydrogen-bond donors (Lipinski definition) is 1. The molecule has 1 aliphatic heterocycles. The van der Waals surface area contributed by atoms with E-state index in [1.165, 1.54) is 30.6 Å². The highest BCUT2D eigenvalue weighted by Gasteiger charge is 2.23. The molecule has 0 bridgehead atoms. The summed E-state index contributed by atoms with van der Waals surface area (Å²) in [6, 6.07) is 5.86. The van der Waals surface area contributed by atoms with Crippen LogP contribution < -0.4 is 5.32 Å². The lowest BCUT2D eigenvalue weighted by atomic mass is 10.0. The van der Waals surface area contributed by atoms with Crippen molar-refractivity contribution in [3.8, 4) is 11.1 Å². The minimum Gasteiger partial charge on any atom is -0.465 e. The van der Waals surface area contributed by atoms with E-state index >= 15 is 0 Å². The molecule has 0 atom stereocenters. The number of halogens is 2. The van der Waals surface area contributed by atoms with Crippen molar-refractivity contribution >= 4 is 40.6 Å². The van der Waals surface area contributed by atoms with E-state index in [1.807, 2.05) is 0 Å². The Bertz CT molecular complexity index is 820. The van der Waals surface area contributed by atoms with Crippen LogP contribution >= 0.6 is 23.7 Å². The third kappa shape index (κ3) is 5.29. The van der Waals surface area contributed by atoms with Crippen LogP contribution in [0.5, 0.6) is 0 Å². The Morgan fingerprint density at radius 2 is 1.82 bits per heavy atom. The van der Waals surface area contributed by atoms with Gasteiger partial charge < -0.3 is 15.0 Å². The van der Waals surface area contributed by atoms with Crippen molar-refractivity contribution in [2.75, 3.05) is 52.2 Å². The van der Waals surface area contributed by atoms with Crippen molar-refractivity contribution in [2.24, 2.45) is 0 Å². The average molecular weight is 428 g/mol. The number of nitrogens with zero attached hydrogens (tertiary/aromatic N) is 2. The minimum atomic E-state index is -0.537. The van der Waals surface area contributed by atoms with E-state index in [0.717, 1.165) is 26.2 Å². The number of amides is 1. The maximum atomic E-state index is 13.2. The molecule has 1 aromatic heterocycles. The van der Waals surface area contributed by atoms with Gasteiger partial charge in [-0.2, -0.15) is 0 Å². The van der Waals surface area contributed by atoms with Gasteiger partial charge in [-0.05, 0) is 24.7 Å². The SMILES string of the molecule is COC(=O)c1c(-c2ccc(F)cc2)csc1NC(=O)CN1CCN(C)CC1.Cl. The summed E-state index contributed by atoms with van der Waals surface area (Å²) in [5.74, 6) is -1.06. The molecule has 0 aliphatic carbocycles. The summed E-state index contributed by atoms with van der Waals surface area (Å²) in [6.07, 6.45) is 0.